The van der Waals surface area contributed by atoms with Gasteiger partial charge in [0.25, 0.3) is 5.91 Å². The summed E-state index contributed by atoms with van der Waals surface area (Å²) in [6, 6.07) is 11.9. The third-order valence-electron chi connectivity index (χ3n) is 5.63. The monoisotopic (exact) mass is 510 g/mol. The molecule has 9 nitrogen and oxygen atoms in total. The number of nitrogens with zero attached hydrogens (tertiary/aromatic N) is 3. The number of rotatable bonds is 5. The molecular formula is C25H21F3N6O3. The molecule has 0 saturated carbocycles. The lowest BCUT2D eigenvalue weighted by Crippen LogP contribution is -2.26. The third kappa shape index (κ3) is 5.27. The number of anilines is 3. The second kappa shape index (κ2) is 9.37. The molecule has 0 aliphatic carbocycles. The van der Waals surface area contributed by atoms with Gasteiger partial charge in [-0.25, -0.2) is 9.98 Å². The molecule has 0 bridgehead atoms. The van der Waals surface area contributed by atoms with Gasteiger partial charge < -0.3 is 29.7 Å². The Labute approximate surface area is 209 Å². The molecule has 2 aromatic carbocycles. The molecule has 1 unspecified atom stereocenters. The van der Waals surface area contributed by atoms with Gasteiger partial charge in [-0.05, 0) is 42.8 Å². The number of amidine groups is 1. The van der Waals surface area contributed by atoms with Crippen LogP contribution in [0.15, 0.2) is 76.8 Å². The number of aromatic nitrogens is 2. The van der Waals surface area contributed by atoms with Crippen LogP contribution in [-0.2, 0) is 7.05 Å². The number of nitrogens with one attached hydrogen (secondary N) is 3. The molecule has 0 saturated heterocycles. The summed E-state index contributed by atoms with van der Waals surface area (Å²) in [6.07, 6.45) is -0.412. The van der Waals surface area contributed by atoms with Crippen LogP contribution in [0.1, 0.15) is 33.3 Å². The Kier molecular flexibility index (Phi) is 6.07. The van der Waals surface area contributed by atoms with Gasteiger partial charge in [0.2, 0.25) is 0 Å². The second-order valence-electron chi connectivity index (χ2n) is 8.32. The average molecular weight is 510 g/mol. The molecule has 190 valence electrons. The van der Waals surface area contributed by atoms with Crippen molar-refractivity contribution in [3.8, 4) is 5.75 Å². The molecule has 1 atom stereocenters. The first-order valence-electron chi connectivity index (χ1n) is 11.1. The van der Waals surface area contributed by atoms with Crippen molar-refractivity contribution in [2.75, 3.05) is 16.0 Å². The number of aryl methyl sites for hydroxylation is 2. The van der Waals surface area contributed by atoms with Crippen LogP contribution in [-0.4, -0.2) is 27.7 Å². The molecule has 0 fully saturated rings. The lowest BCUT2D eigenvalue weighted by Gasteiger charge is -2.24. The van der Waals surface area contributed by atoms with Crippen molar-refractivity contribution in [2.24, 2.45) is 12.0 Å². The fraction of sp³-hybridized carbons (Fsp3) is 0.160. The summed E-state index contributed by atoms with van der Waals surface area (Å²) in [6.45, 7) is 1.87. The predicted octanol–water partition coefficient (Wildman–Crippen LogP) is 5.46. The standard InChI is InChI=1S/C25H21F3N6O3/c1-14-6-7-15(24(35)30-17-4-3-5-18(11-17)37-25(26,27)28)10-19(14)31-22-20-23(34(2)13-29-20)33-21(32-22)16-8-9-36-12-16/h3-13,21,33H,1-2H3,(H,30,35)(H,31,32). The van der Waals surface area contributed by atoms with E-state index in [1.807, 2.05) is 24.6 Å². The first-order chi connectivity index (χ1) is 17.7. The molecule has 0 radical (unpaired) electrons. The Morgan fingerprint density at radius 3 is 2.78 bits per heavy atom. The fourth-order valence-electron chi connectivity index (χ4n) is 3.81. The van der Waals surface area contributed by atoms with Crippen molar-refractivity contribution in [2.45, 2.75) is 19.5 Å². The zero-order valence-electron chi connectivity index (χ0n) is 19.6. The summed E-state index contributed by atoms with van der Waals surface area (Å²) >= 11 is 0. The lowest BCUT2D eigenvalue weighted by atomic mass is 10.1. The Balaban J connectivity index is 1.39. The number of halogens is 3. The number of furan rings is 1. The number of carbonyl (C=O) groups excluding carboxylic acids is 1. The molecule has 0 spiro atoms. The summed E-state index contributed by atoms with van der Waals surface area (Å²) in [5.74, 6) is 0.322. The van der Waals surface area contributed by atoms with E-state index in [0.717, 1.165) is 29.1 Å². The van der Waals surface area contributed by atoms with E-state index in [-0.39, 0.29) is 11.3 Å². The van der Waals surface area contributed by atoms with Crippen molar-refractivity contribution < 1.29 is 27.1 Å². The minimum atomic E-state index is -4.83. The highest BCUT2D eigenvalue weighted by atomic mass is 19.4. The van der Waals surface area contributed by atoms with Gasteiger partial charge in [0, 0.05) is 35.6 Å². The summed E-state index contributed by atoms with van der Waals surface area (Å²) < 4.78 is 48.6. The molecule has 12 heteroatoms. The summed E-state index contributed by atoms with van der Waals surface area (Å²) in [7, 11) is 1.86. The second-order valence-corrected chi connectivity index (χ2v) is 8.32. The average Bonchev–Trinajstić information content (AvgIpc) is 3.50. The molecular weight excluding hydrogens is 489 g/mol. The van der Waals surface area contributed by atoms with Crippen LogP contribution >= 0.6 is 0 Å². The van der Waals surface area contributed by atoms with E-state index < -0.39 is 24.2 Å². The van der Waals surface area contributed by atoms with Crippen molar-refractivity contribution in [3.05, 3.63) is 89.8 Å². The van der Waals surface area contributed by atoms with Gasteiger partial charge in [0.05, 0.1) is 18.9 Å². The number of hydrogen-bond acceptors (Lipinski definition) is 7. The molecule has 3 N–H and O–H groups in total. The highest BCUT2D eigenvalue weighted by Gasteiger charge is 2.31. The van der Waals surface area contributed by atoms with E-state index >= 15 is 0 Å². The maximum Gasteiger partial charge on any atom is 0.573 e. The fourth-order valence-corrected chi connectivity index (χ4v) is 3.81. The number of fused-ring (bicyclic) bond motifs is 1. The van der Waals surface area contributed by atoms with Gasteiger partial charge in [-0.1, -0.05) is 12.1 Å². The minimum absolute atomic E-state index is 0.158. The number of hydrogen-bond donors (Lipinski definition) is 3. The number of carbonyl (C=O) groups is 1. The zero-order valence-corrected chi connectivity index (χ0v) is 19.6. The van der Waals surface area contributed by atoms with Crippen LogP contribution in [0.5, 0.6) is 5.75 Å². The van der Waals surface area contributed by atoms with Gasteiger partial charge >= 0.3 is 6.36 Å². The van der Waals surface area contributed by atoms with E-state index in [1.54, 1.807) is 37.1 Å². The Morgan fingerprint density at radius 1 is 1.19 bits per heavy atom. The van der Waals surface area contributed by atoms with Crippen molar-refractivity contribution in [1.29, 1.82) is 0 Å². The minimum Gasteiger partial charge on any atom is -0.472 e. The normalized spacial score (nSPS) is 14.8. The molecule has 37 heavy (non-hydrogen) atoms. The van der Waals surface area contributed by atoms with Crippen molar-refractivity contribution >= 4 is 28.9 Å². The summed E-state index contributed by atoms with van der Waals surface area (Å²) in [5, 5.41) is 9.20. The number of amides is 1. The molecule has 4 aromatic rings. The SMILES string of the molecule is Cc1ccc(C(=O)Nc2cccc(OC(F)(F)F)c2)cc1NC1=NC(c2ccoc2)Nc2c1ncn2C. The Morgan fingerprint density at radius 2 is 2.03 bits per heavy atom. The molecule has 3 heterocycles. The van der Waals surface area contributed by atoms with E-state index in [0.29, 0.717) is 17.2 Å². The lowest BCUT2D eigenvalue weighted by molar-refractivity contribution is -0.274. The summed E-state index contributed by atoms with van der Waals surface area (Å²) in [5.41, 5.74) is 3.34. The van der Waals surface area contributed by atoms with E-state index in [4.69, 9.17) is 9.41 Å². The van der Waals surface area contributed by atoms with Crippen LogP contribution < -0.4 is 20.7 Å². The van der Waals surface area contributed by atoms with E-state index in [2.05, 4.69) is 25.7 Å². The number of benzene rings is 2. The first kappa shape index (κ1) is 24.0. The topological polar surface area (TPSA) is 106 Å². The van der Waals surface area contributed by atoms with Crippen LogP contribution in [0, 0.1) is 6.92 Å². The van der Waals surface area contributed by atoms with Gasteiger partial charge in [0.15, 0.2) is 12.0 Å². The first-order valence-corrected chi connectivity index (χ1v) is 11.1. The number of aliphatic imine (C=N–C) groups is 1. The van der Waals surface area contributed by atoms with Crippen LogP contribution in [0.25, 0.3) is 0 Å². The van der Waals surface area contributed by atoms with Crippen LogP contribution in [0.3, 0.4) is 0 Å². The maximum absolute atomic E-state index is 12.9. The van der Waals surface area contributed by atoms with Crippen LogP contribution in [0.2, 0.25) is 0 Å². The number of imidazole rings is 1. The van der Waals surface area contributed by atoms with Gasteiger partial charge in [-0.15, -0.1) is 13.2 Å². The van der Waals surface area contributed by atoms with Gasteiger partial charge in [-0.2, -0.15) is 0 Å². The molecule has 5 rings (SSSR count). The molecule has 1 aliphatic heterocycles. The Hall–Kier alpha value is -4.74. The van der Waals surface area contributed by atoms with E-state index in [1.165, 1.54) is 12.1 Å². The predicted molar refractivity (Wildman–Crippen MR) is 131 cm³/mol. The molecule has 2 aromatic heterocycles. The largest absolute Gasteiger partial charge is 0.573 e. The van der Waals surface area contributed by atoms with Crippen LogP contribution in [0.4, 0.5) is 30.4 Å². The van der Waals surface area contributed by atoms with Crippen molar-refractivity contribution in [3.63, 3.8) is 0 Å². The smallest absolute Gasteiger partial charge is 0.472 e. The molecule has 1 amide bonds. The number of alkyl halides is 3. The highest BCUT2D eigenvalue weighted by Crippen LogP contribution is 2.31. The highest BCUT2D eigenvalue weighted by molar-refractivity contribution is 6.12. The van der Waals surface area contributed by atoms with Gasteiger partial charge in [0.1, 0.15) is 17.3 Å². The number of ether oxygens (including phenoxy) is 1. The van der Waals surface area contributed by atoms with Gasteiger partial charge in [-0.3, -0.25) is 4.79 Å². The third-order valence-corrected chi connectivity index (χ3v) is 5.63. The maximum atomic E-state index is 12.9. The zero-order chi connectivity index (χ0) is 26.2. The molecule has 1 aliphatic rings. The van der Waals surface area contributed by atoms with E-state index in [9.17, 15) is 18.0 Å². The summed E-state index contributed by atoms with van der Waals surface area (Å²) in [4.78, 5) is 22.1. The Bertz CT molecular complexity index is 1480. The van der Waals surface area contributed by atoms with Crippen molar-refractivity contribution in [1.82, 2.24) is 9.55 Å². The quantitative estimate of drug-likeness (QED) is 0.330.